The summed E-state index contributed by atoms with van der Waals surface area (Å²) in [5, 5.41) is 0. The number of aldehydes is 1. The molecular formula is C8H16OTi. The molecule has 0 rings (SSSR count). The van der Waals surface area contributed by atoms with Crippen LogP contribution in [0.4, 0.5) is 0 Å². The topological polar surface area (TPSA) is 17.1 Å². The Morgan fingerprint density at radius 3 is 2.30 bits per heavy atom. The molecule has 0 saturated heterocycles. The van der Waals surface area contributed by atoms with Gasteiger partial charge in [0, 0.05) is 28.1 Å². The maximum atomic E-state index is 9.85. The van der Waals surface area contributed by atoms with E-state index in [-0.39, 0.29) is 21.7 Å². The molecule has 2 heteroatoms. The van der Waals surface area contributed by atoms with Crippen molar-refractivity contribution in [3.05, 3.63) is 0 Å². The number of carbonyl (C=O) groups is 1. The molecule has 0 saturated carbocycles. The first-order valence-electron chi connectivity index (χ1n) is 3.71. The van der Waals surface area contributed by atoms with E-state index in [1.54, 1.807) is 0 Å². The van der Waals surface area contributed by atoms with Gasteiger partial charge in [-0.25, -0.2) is 0 Å². The minimum absolute atomic E-state index is 0. The fraction of sp³-hybridized carbons (Fsp3) is 0.875. The number of unbranched alkanes of at least 4 members (excludes halogenated alkanes) is 2. The van der Waals surface area contributed by atoms with E-state index in [0.29, 0.717) is 0 Å². The molecule has 0 fully saturated rings. The van der Waals surface area contributed by atoms with Crippen molar-refractivity contribution in [3.8, 4) is 0 Å². The largest absolute Gasteiger partial charge is 0.303 e. The SMILES string of the molecule is CC(C)CCCCC=O.[Ti]. The molecule has 0 N–H and O–H groups in total. The van der Waals surface area contributed by atoms with Crippen LogP contribution in [0.2, 0.25) is 0 Å². The number of hydrogen-bond acceptors (Lipinski definition) is 1. The van der Waals surface area contributed by atoms with Crippen molar-refractivity contribution in [1.29, 1.82) is 0 Å². The van der Waals surface area contributed by atoms with Crippen LogP contribution in [0.25, 0.3) is 0 Å². The number of hydrogen-bond donors (Lipinski definition) is 0. The van der Waals surface area contributed by atoms with Gasteiger partial charge in [-0.3, -0.25) is 0 Å². The molecule has 58 valence electrons. The van der Waals surface area contributed by atoms with E-state index >= 15 is 0 Å². The van der Waals surface area contributed by atoms with Crippen molar-refractivity contribution in [2.75, 3.05) is 0 Å². The predicted octanol–water partition coefficient (Wildman–Crippen LogP) is 2.40. The van der Waals surface area contributed by atoms with Gasteiger partial charge in [0.2, 0.25) is 0 Å². The number of carbonyl (C=O) groups excluding carboxylic acids is 1. The Balaban J connectivity index is 0. The first kappa shape index (κ1) is 13.0. The Kier molecular flexibility index (Phi) is 12.2. The molecule has 10 heavy (non-hydrogen) atoms. The monoisotopic (exact) mass is 176 g/mol. The van der Waals surface area contributed by atoms with Gasteiger partial charge in [0.05, 0.1) is 0 Å². The van der Waals surface area contributed by atoms with Crippen LogP contribution in [0.3, 0.4) is 0 Å². The van der Waals surface area contributed by atoms with Gasteiger partial charge >= 0.3 is 0 Å². The Labute approximate surface area is 78.5 Å². The molecular weight excluding hydrogens is 160 g/mol. The van der Waals surface area contributed by atoms with Crippen LogP contribution >= 0.6 is 0 Å². The van der Waals surface area contributed by atoms with Gasteiger partial charge in [0.1, 0.15) is 6.29 Å². The Bertz CT molecular complexity index is 71.7. The number of rotatable bonds is 5. The van der Waals surface area contributed by atoms with E-state index in [1.807, 2.05) is 0 Å². The van der Waals surface area contributed by atoms with Crippen LogP contribution in [0, 0.1) is 5.92 Å². The van der Waals surface area contributed by atoms with Crippen LogP contribution in [-0.4, -0.2) is 6.29 Å². The van der Waals surface area contributed by atoms with Crippen LogP contribution in [0.5, 0.6) is 0 Å². The zero-order valence-electron chi connectivity index (χ0n) is 6.89. The van der Waals surface area contributed by atoms with E-state index in [4.69, 9.17) is 0 Å². The predicted molar refractivity (Wildman–Crippen MR) is 39.4 cm³/mol. The second-order valence-corrected chi connectivity index (χ2v) is 2.84. The van der Waals surface area contributed by atoms with Crippen LogP contribution in [-0.2, 0) is 26.5 Å². The second kappa shape index (κ2) is 9.38. The van der Waals surface area contributed by atoms with Gasteiger partial charge in [-0.15, -0.1) is 0 Å². The van der Waals surface area contributed by atoms with Crippen molar-refractivity contribution < 1.29 is 26.5 Å². The third-order valence-corrected chi connectivity index (χ3v) is 1.35. The fourth-order valence-corrected chi connectivity index (χ4v) is 0.780. The summed E-state index contributed by atoms with van der Waals surface area (Å²) in [4.78, 5) is 9.85. The third kappa shape index (κ3) is 11.2. The van der Waals surface area contributed by atoms with Crippen LogP contribution < -0.4 is 0 Å². The first-order chi connectivity index (χ1) is 4.27. The van der Waals surface area contributed by atoms with Gasteiger partial charge in [0.15, 0.2) is 0 Å². The molecule has 0 unspecified atom stereocenters. The van der Waals surface area contributed by atoms with Gasteiger partial charge in [-0.05, 0) is 12.3 Å². The van der Waals surface area contributed by atoms with Crippen molar-refractivity contribution in [1.82, 2.24) is 0 Å². The summed E-state index contributed by atoms with van der Waals surface area (Å²) >= 11 is 0. The summed E-state index contributed by atoms with van der Waals surface area (Å²) in [5.74, 6) is 0.789. The zero-order valence-corrected chi connectivity index (χ0v) is 8.45. The van der Waals surface area contributed by atoms with Gasteiger partial charge < -0.3 is 4.79 Å². The molecule has 0 aliphatic carbocycles. The van der Waals surface area contributed by atoms with Crippen LogP contribution in [0.1, 0.15) is 39.5 Å². The maximum absolute atomic E-state index is 9.85. The van der Waals surface area contributed by atoms with Crippen LogP contribution in [0.15, 0.2) is 0 Å². The molecule has 0 atom stereocenters. The summed E-state index contributed by atoms with van der Waals surface area (Å²) in [7, 11) is 0. The smallest absolute Gasteiger partial charge is 0.119 e. The molecule has 0 aromatic heterocycles. The first-order valence-corrected chi connectivity index (χ1v) is 3.71. The average Bonchev–Trinajstić information content (AvgIpc) is 1.80. The molecule has 0 amide bonds. The summed E-state index contributed by atoms with van der Waals surface area (Å²) in [6.07, 6.45) is 5.28. The molecule has 0 radical (unpaired) electrons. The Morgan fingerprint density at radius 2 is 1.90 bits per heavy atom. The fourth-order valence-electron chi connectivity index (χ4n) is 0.780. The summed E-state index contributed by atoms with van der Waals surface area (Å²) in [5.41, 5.74) is 0. The van der Waals surface area contributed by atoms with E-state index in [9.17, 15) is 4.79 Å². The molecule has 0 aromatic carbocycles. The quantitative estimate of drug-likeness (QED) is 0.357. The van der Waals surface area contributed by atoms with Gasteiger partial charge in [-0.2, -0.15) is 0 Å². The zero-order chi connectivity index (χ0) is 7.11. The molecule has 1 nitrogen and oxygen atoms in total. The molecule has 0 aliphatic rings. The maximum Gasteiger partial charge on any atom is 0.119 e. The third-order valence-electron chi connectivity index (χ3n) is 1.35. The molecule has 0 bridgehead atoms. The normalized spacial score (nSPS) is 9.10. The van der Waals surface area contributed by atoms with E-state index in [0.717, 1.165) is 25.0 Å². The molecule has 0 aromatic rings. The summed E-state index contributed by atoms with van der Waals surface area (Å²) < 4.78 is 0. The standard InChI is InChI=1S/C8H16O.Ti/c1-8(2)6-4-3-5-7-9;/h7-8H,3-6H2,1-2H3;. The van der Waals surface area contributed by atoms with Crippen molar-refractivity contribution in [2.24, 2.45) is 5.92 Å². The van der Waals surface area contributed by atoms with Crippen molar-refractivity contribution >= 4 is 6.29 Å². The van der Waals surface area contributed by atoms with Crippen molar-refractivity contribution in [3.63, 3.8) is 0 Å². The summed E-state index contributed by atoms with van der Waals surface area (Å²) in [6, 6.07) is 0. The minimum Gasteiger partial charge on any atom is -0.303 e. The second-order valence-electron chi connectivity index (χ2n) is 2.84. The summed E-state index contributed by atoms with van der Waals surface area (Å²) in [6.45, 7) is 4.42. The Hall–Kier alpha value is 0.384. The van der Waals surface area contributed by atoms with Gasteiger partial charge in [-0.1, -0.05) is 26.7 Å². The van der Waals surface area contributed by atoms with E-state index < -0.39 is 0 Å². The Morgan fingerprint density at radius 1 is 1.30 bits per heavy atom. The molecule has 0 aliphatic heterocycles. The van der Waals surface area contributed by atoms with E-state index in [1.165, 1.54) is 12.8 Å². The minimum atomic E-state index is 0. The average molecular weight is 176 g/mol. The van der Waals surface area contributed by atoms with Gasteiger partial charge in [0.25, 0.3) is 0 Å². The van der Waals surface area contributed by atoms with Crippen molar-refractivity contribution in [2.45, 2.75) is 39.5 Å². The molecule has 0 heterocycles. The van der Waals surface area contributed by atoms with E-state index in [2.05, 4.69) is 13.8 Å². The molecule has 0 spiro atoms.